The molecule has 4 rings (SSSR count). The summed E-state index contributed by atoms with van der Waals surface area (Å²) >= 11 is 0. The normalized spacial score (nSPS) is 30.9. The van der Waals surface area contributed by atoms with Gasteiger partial charge in [0, 0.05) is 36.9 Å². The molecule has 1 unspecified atom stereocenters. The zero-order valence-corrected chi connectivity index (χ0v) is 12.4. The minimum Gasteiger partial charge on any atom is -0.300 e. The summed E-state index contributed by atoms with van der Waals surface area (Å²) in [5, 5.41) is 7.35. The van der Waals surface area contributed by atoms with Gasteiger partial charge in [0.25, 0.3) is 0 Å². The highest BCUT2D eigenvalue weighted by molar-refractivity contribution is 5.08. The number of hydrogen-bond donors (Lipinski definition) is 1. The van der Waals surface area contributed by atoms with Gasteiger partial charge in [-0.2, -0.15) is 5.10 Å². The Kier molecular flexibility index (Phi) is 3.55. The molecular weight excluding hydrogens is 246 g/mol. The fraction of sp³-hybridized carbons (Fsp3) is 0.824. The average molecular weight is 273 g/mol. The monoisotopic (exact) mass is 273 g/mol. The van der Waals surface area contributed by atoms with Gasteiger partial charge >= 0.3 is 0 Å². The van der Waals surface area contributed by atoms with Crippen molar-refractivity contribution in [3.05, 3.63) is 18.0 Å². The number of H-pyrrole nitrogens is 1. The van der Waals surface area contributed by atoms with Gasteiger partial charge in [-0.15, -0.1) is 0 Å². The first-order valence-electron chi connectivity index (χ1n) is 8.62. The van der Waals surface area contributed by atoms with Crippen LogP contribution in [0.25, 0.3) is 0 Å². The lowest BCUT2D eigenvalue weighted by Gasteiger charge is -2.37. The lowest BCUT2D eigenvalue weighted by molar-refractivity contribution is 0.134. The maximum Gasteiger partial charge on any atom is 0.0490 e. The smallest absolute Gasteiger partial charge is 0.0490 e. The molecule has 20 heavy (non-hydrogen) atoms. The zero-order valence-electron chi connectivity index (χ0n) is 12.4. The van der Waals surface area contributed by atoms with Gasteiger partial charge in [-0.25, -0.2) is 0 Å². The predicted octanol–water partition coefficient (Wildman–Crippen LogP) is 3.56. The first kappa shape index (κ1) is 12.9. The van der Waals surface area contributed by atoms with Crippen LogP contribution in [0.3, 0.4) is 0 Å². The van der Waals surface area contributed by atoms with Crippen molar-refractivity contribution in [1.82, 2.24) is 15.1 Å². The van der Waals surface area contributed by atoms with E-state index < -0.39 is 0 Å². The molecule has 0 radical (unpaired) electrons. The van der Waals surface area contributed by atoms with E-state index in [9.17, 15) is 0 Å². The highest BCUT2D eigenvalue weighted by Crippen LogP contribution is 2.39. The van der Waals surface area contributed by atoms with Crippen LogP contribution in [0.15, 0.2) is 12.3 Å². The lowest BCUT2D eigenvalue weighted by Crippen LogP contribution is -2.41. The van der Waals surface area contributed by atoms with Crippen molar-refractivity contribution in [3.63, 3.8) is 0 Å². The summed E-state index contributed by atoms with van der Waals surface area (Å²) in [6, 6.07) is 3.01. The number of rotatable bonds is 6. The van der Waals surface area contributed by atoms with Crippen LogP contribution in [0.1, 0.15) is 63.0 Å². The molecule has 3 fully saturated rings. The summed E-state index contributed by atoms with van der Waals surface area (Å²) in [6.07, 6.45) is 13.3. The molecule has 2 atom stereocenters. The van der Waals surface area contributed by atoms with E-state index >= 15 is 0 Å². The summed E-state index contributed by atoms with van der Waals surface area (Å²) in [6.45, 7) is 2.77. The molecule has 0 aliphatic heterocycles. The molecule has 3 aliphatic rings. The highest BCUT2D eigenvalue weighted by atomic mass is 15.2. The maximum atomic E-state index is 4.15. The Balaban J connectivity index is 1.41. The van der Waals surface area contributed by atoms with Crippen molar-refractivity contribution in [2.24, 2.45) is 11.8 Å². The molecule has 0 amide bonds. The van der Waals surface area contributed by atoms with Gasteiger partial charge in [0.1, 0.15) is 0 Å². The van der Waals surface area contributed by atoms with Gasteiger partial charge in [-0.1, -0.05) is 6.42 Å². The second-order valence-electron chi connectivity index (χ2n) is 7.37. The van der Waals surface area contributed by atoms with E-state index in [0.29, 0.717) is 0 Å². The molecule has 0 bridgehead atoms. The van der Waals surface area contributed by atoms with E-state index in [-0.39, 0.29) is 0 Å². The van der Waals surface area contributed by atoms with Crippen LogP contribution in [-0.2, 0) is 0 Å². The Labute approximate surface area is 122 Å². The van der Waals surface area contributed by atoms with E-state index in [4.69, 9.17) is 0 Å². The minimum absolute atomic E-state index is 0.720. The van der Waals surface area contributed by atoms with Gasteiger partial charge in [-0.3, -0.25) is 10.00 Å². The van der Waals surface area contributed by atoms with Gasteiger partial charge in [-0.05, 0) is 62.8 Å². The van der Waals surface area contributed by atoms with Crippen LogP contribution in [0.5, 0.6) is 0 Å². The van der Waals surface area contributed by atoms with Crippen molar-refractivity contribution in [2.75, 3.05) is 13.1 Å². The molecular formula is C17H27N3. The van der Waals surface area contributed by atoms with Crippen molar-refractivity contribution in [2.45, 2.75) is 63.3 Å². The van der Waals surface area contributed by atoms with Crippen molar-refractivity contribution in [3.8, 4) is 0 Å². The van der Waals surface area contributed by atoms with E-state index in [2.05, 4.69) is 21.2 Å². The fourth-order valence-electron chi connectivity index (χ4n) is 3.91. The zero-order chi connectivity index (χ0) is 13.4. The maximum absolute atomic E-state index is 4.15. The Morgan fingerprint density at radius 3 is 2.40 bits per heavy atom. The van der Waals surface area contributed by atoms with E-state index in [0.717, 1.165) is 23.8 Å². The molecule has 1 aromatic rings. The molecule has 1 heterocycles. The predicted molar refractivity (Wildman–Crippen MR) is 80.6 cm³/mol. The summed E-state index contributed by atoms with van der Waals surface area (Å²) in [5.74, 6) is 2.78. The van der Waals surface area contributed by atoms with Crippen LogP contribution in [0, 0.1) is 11.8 Å². The summed E-state index contributed by atoms with van der Waals surface area (Å²) in [4.78, 5) is 2.87. The number of aromatic nitrogens is 2. The molecule has 3 nitrogen and oxygen atoms in total. The first-order valence-corrected chi connectivity index (χ1v) is 8.62. The van der Waals surface area contributed by atoms with E-state index in [1.807, 2.05) is 6.20 Å². The Bertz CT molecular complexity index is 405. The van der Waals surface area contributed by atoms with Crippen LogP contribution in [-0.4, -0.2) is 34.2 Å². The molecule has 110 valence electrons. The Morgan fingerprint density at radius 2 is 1.80 bits per heavy atom. The number of nitrogens with one attached hydrogen (secondary N) is 1. The van der Waals surface area contributed by atoms with Crippen molar-refractivity contribution >= 4 is 0 Å². The van der Waals surface area contributed by atoms with Crippen LogP contribution in [0.2, 0.25) is 0 Å². The van der Waals surface area contributed by atoms with Crippen molar-refractivity contribution in [1.29, 1.82) is 0 Å². The lowest BCUT2D eigenvalue weighted by atomic mass is 9.83. The van der Waals surface area contributed by atoms with Gasteiger partial charge in [0.05, 0.1) is 0 Å². The topological polar surface area (TPSA) is 31.9 Å². The number of nitrogens with zero attached hydrogens (tertiary/aromatic N) is 2. The van der Waals surface area contributed by atoms with Gasteiger partial charge in [0.2, 0.25) is 0 Å². The molecule has 3 aliphatic carbocycles. The Hall–Kier alpha value is -0.830. The van der Waals surface area contributed by atoms with E-state index in [1.54, 1.807) is 0 Å². The molecule has 0 saturated heterocycles. The number of aromatic amines is 1. The molecule has 1 N–H and O–H groups in total. The van der Waals surface area contributed by atoms with Gasteiger partial charge in [0.15, 0.2) is 0 Å². The van der Waals surface area contributed by atoms with Gasteiger partial charge < -0.3 is 0 Å². The van der Waals surface area contributed by atoms with Crippen LogP contribution < -0.4 is 0 Å². The quantitative estimate of drug-likeness (QED) is 0.859. The van der Waals surface area contributed by atoms with E-state index in [1.165, 1.54) is 70.2 Å². The molecule has 0 spiro atoms. The number of hydrogen-bond acceptors (Lipinski definition) is 2. The molecule has 3 saturated carbocycles. The third-order valence-corrected chi connectivity index (χ3v) is 5.50. The second kappa shape index (κ2) is 5.51. The highest BCUT2D eigenvalue weighted by Gasteiger charge is 2.35. The largest absolute Gasteiger partial charge is 0.300 e. The molecule has 0 aromatic carbocycles. The summed E-state index contributed by atoms with van der Waals surface area (Å²) < 4.78 is 0. The van der Waals surface area contributed by atoms with Crippen LogP contribution >= 0.6 is 0 Å². The average Bonchev–Trinajstić information content (AvgIpc) is 3.40. The molecule has 1 aromatic heterocycles. The van der Waals surface area contributed by atoms with Crippen LogP contribution in [0.4, 0.5) is 0 Å². The standard InChI is InChI=1S/C17H27N3/c1-2-15(17-8-9-18-19-17)10-16(3-1)20(11-13-4-5-13)12-14-6-7-14/h8-9,13-16H,1-7,10-12H2,(H,18,19)/t15?,16-/m1/s1. The third kappa shape index (κ3) is 3.08. The third-order valence-electron chi connectivity index (χ3n) is 5.50. The fourth-order valence-corrected chi connectivity index (χ4v) is 3.91. The van der Waals surface area contributed by atoms with Crippen molar-refractivity contribution < 1.29 is 0 Å². The first-order chi connectivity index (χ1) is 9.88. The summed E-state index contributed by atoms with van der Waals surface area (Å²) in [7, 11) is 0. The minimum atomic E-state index is 0.720. The molecule has 3 heteroatoms. The Morgan fingerprint density at radius 1 is 1.05 bits per heavy atom. The SMILES string of the molecule is c1cc(C2CCC[C@@H](N(CC3CC3)CC3CC3)C2)[nH]n1. The summed E-state index contributed by atoms with van der Waals surface area (Å²) in [5.41, 5.74) is 1.37. The second-order valence-corrected chi connectivity index (χ2v) is 7.37.